The second-order valence-corrected chi connectivity index (χ2v) is 3.98. The molecule has 1 aromatic rings. The van der Waals surface area contributed by atoms with Crippen molar-refractivity contribution in [2.45, 2.75) is 13.0 Å². The predicted molar refractivity (Wildman–Crippen MR) is 60.6 cm³/mol. The number of hydrogen-bond donors (Lipinski definition) is 2. The molecule has 2 atom stereocenters. The number of benzene rings is 1. The van der Waals surface area contributed by atoms with Crippen LogP contribution in [0.3, 0.4) is 0 Å². The molecule has 1 rings (SSSR count). The van der Waals surface area contributed by atoms with Crippen LogP contribution < -0.4 is 5.73 Å². The van der Waals surface area contributed by atoms with Crippen molar-refractivity contribution in [1.82, 2.24) is 0 Å². The van der Waals surface area contributed by atoms with E-state index in [9.17, 15) is 9.59 Å². The normalized spacial score (nSPS) is 14.2. The van der Waals surface area contributed by atoms with Crippen LogP contribution in [0.4, 0.5) is 0 Å². The summed E-state index contributed by atoms with van der Waals surface area (Å²) in [5.41, 5.74) is 5.78. The summed E-state index contributed by atoms with van der Waals surface area (Å²) in [5, 5.41) is 9.39. The lowest BCUT2D eigenvalue weighted by atomic mass is 9.92. The summed E-state index contributed by atoms with van der Waals surface area (Å²) < 4.78 is 0. The van der Waals surface area contributed by atoms with Gasteiger partial charge in [0.2, 0.25) is 0 Å². The molecule has 4 nitrogen and oxygen atoms in total. The van der Waals surface area contributed by atoms with Gasteiger partial charge in [0.25, 0.3) is 0 Å². The van der Waals surface area contributed by atoms with Gasteiger partial charge < -0.3 is 10.8 Å². The third-order valence-corrected chi connectivity index (χ3v) is 2.46. The molecule has 0 spiro atoms. The second kappa shape index (κ2) is 5.09. The minimum absolute atomic E-state index is 0.300. The van der Waals surface area contributed by atoms with Crippen LogP contribution in [-0.4, -0.2) is 22.9 Å². The van der Waals surface area contributed by atoms with Crippen molar-refractivity contribution in [3.8, 4) is 0 Å². The molecule has 16 heavy (non-hydrogen) atoms. The number of carbonyl (C=O) groups is 2. The average molecular weight is 242 g/mol. The zero-order valence-electron chi connectivity index (χ0n) is 8.68. The number of carbonyl (C=O) groups excluding carboxylic acids is 1. The first-order chi connectivity index (χ1) is 7.43. The number of hydrogen-bond acceptors (Lipinski definition) is 3. The van der Waals surface area contributed by atoms with Crippen LogP contribution in [0.2, 0.25) is 5.02 Å². The molecule has 0 bridgehead atoms. The molecule has 0 amide bonds. The van der Waals surface area contributed by atoms with Crippen molar-refractivity contribution in [2.24, 2.45) is 11.7 Å². The molecule has 2 unspecified atom stereocenters. The Labute approximate surface area is 98.0 Å². The van der Waals surface area contributed by atoms with E-state index in [0.29, 0.717) is 10.6 Å². The Bertz CT molecular complexity index is 400. The number of nitrogens with two attached hydrogens (primary N) is 1. The van der Waals surface area contributed by atoms with Crippen LogP contribution in [0.15, 0.2) is 24.3 Å². The number of carboxylic acids is 1. The lowest BCUT2D eigenvalue weighted by molar-refractivity contribution is -0.140. The van der Waals surface area contributed by atoms with E-state index < -0.39 is 23.7 Å². The zero-order valence-corrected chi connectivity index (χ0v) is 9.44. The monoisotopic (exact) mass is 241 g/mol. The van der Waals surface area contributed by atoms with E-state index in [1.807, 2.05) is 0 Å². The maximum Gasteiger partial charge on any atom is 0.316 e. The number of halogens is 1. The fourth-order valence-electron chi connectivity index (χ4n) is 1.37. The summed E-state index contributed by atoms with van der Waals surface area (Å²) in [6, 6.07) is 5.32. The second-order valence-electron chi connectivity index (χ2n) is 3.55. The van der Waals surface area contributed by atoms with Crippen molar-refractivity contribution < 1.29 is 14.7 Å². The zero-order chi connectivity index (χ0) is 12.3. The van der Waals surface area contributed by atoms with Crippen molar-refractivity contribution in [3.63, 3.8) is 0 Å². The number of Topliss-reactive ketones (excluding diaryl/α,β-unsaturated/α-hetero) is 1. The number of aliphatic carboxylic acids is 1. The number of carboxylic acid groups (broad SMARTS) is 1. The first-order valence-corrected chi connectivity index (χ1v) is 5.09. The first kappa shape index (κ1) is 12.7. The SMILES string of the molecule is CC(N)C(C(=O)O)C(=O)c1ccc(Cl)cc1. The van der Waals surface area contributed by atoms with Crippen molar-refractivity contribution in [3.05, 3.63) is 34.9 Å². The molecule has 0 aliphatic carbocycles. The Morgan fingerprint density at radius 3 is 2.19 bits per heavy atom. The van der Waals surface area contributed by atoms with Crippen LogP contribution in [0, 0.1) is 5.92 Å². The van der Waals surface area contributed by atoms with Gasteiger partial charge in [0, 0.05) is 16.6 Å². The van der Waals surface area contributed by atoms with E-state index in [1.165, 1.54) is 31.2 Å². The van der Waals surface area contributed by atoms with Gasteiger partial charge in [-0.15, -0.1) is 0 Å². The van der Waals surface area contributed by atoms with Crippen molar-refractivity contribution in [2.75, 3.05) is 0 Å². The van der Waals surface area contributed by atoms with Crippen molar-refractivity contribution in [1.29, 1.82) is 0 Å². The van der Waals surface area contributed by atoms with E-state index >= 15 is 0 Å². The average Bonchev–Trinajstić information content (AvgIpc) is 2.17. The van der Waals surface area contributed by atoms with Crippen LogP contribution in [0.25, 0.3) is 0 Å². The van der Waals surface area contributed by atoms with Crippen molar-refractivity contribution >= 4 is 23.4 Å². The largest absolute Gasteiger partial charge is 0.481 e. The van der Waals surface area contributed by atoms with E-state index in [-0.39, 0.29) is 0 Å². The van der Waals surface area contributed by atoms with E-state index in [2.05, 4.69) is 0 Å². The van der Waals surface area contributed by atoms with Gasteiger partial charge in [0.15, 0.2) is 5.78 Å². The van der Waals surface area contributed by atoms with E-state index in [1.54, 1.807) is 0 Å². The highest BCUT2D eigenvalue weighted by Gasteiger charge is 2.30. The summed E-state index contributed by atoms with van der Waals surface area (Å²) >= 11 is 5.67. The van der Waals surface area contributed by atoms with E-state index in [0.717, 1.165) is 0 Å². The van der Waals surface area contributed by atoms with Gasteiger partial charge in [0.05, 0.1) is 0 Å². The van der Waals surface area contributed by atoms with Gasteiger partial charge in [-0.05, 0) is 31.2 Å². The standard InChI is InChI=1S/C11H12ClNO3/c1-6(13)9(11(15)16)10(14)7-2-4-8(12)5-3-7/h2-6,9H,13H2,1H3,(H,15,16). The quantitative estimate of drug-likeness (QED) is 0.619. The highest BCUT2D eigenvalue weighted by Crippen LogP contribution is 2.15. The van der Waals surface area contributed by atoms with Gasteiger partial charge in [-0.1, -0.05) is 11.6 Å². The topological polar surface area (TPSA) is 80.4 Å². The summed E-state index contributed by atoms with van der Waals surface area (Å²) in [4.78, 5) is 22.7. The maximum absolute atomic E-state index is 11.8. The van der Waals surface area contributed by atoms with Crippen LogP contribution >= 0.6 is 11.6 Å². The Kier molecular flexibility index (Phi) is 4.04. The fourth-order valence-corrected chi connectivity index (χ4v) is 1.50. The predicted octanol–water partition coefficient (Wildman–Crippen LogP) is 1.57. The molecule has 0 radical (unpaired) electrons. The lowest BCUT2D eigenvalue weighted by Gasteiger charge is -2.14. The number of rotatable bonds is 4. The molecule has 0 fully saturated rings. The van der Waals surface area contributed by atoms with Gasteiger partial charge in [-0.2, -0.15) is 0 Å². The van der Waals surface area contributed by atoms with Crippen LogP contribution in [0.1, 0.15) is 17.3 Å². The molecule has 1 aromatic carbocycles. The van der Waals surface area contributed by atoms with Gasteiger partial charge in [-0.25, -0.2) is 0 Å². The molecule has 0 aliphatic heterocycles. The molecule has 0 saturated carbocycles. The third-order valence-electron chi connectivity index (χ3n) is 2.20. The molecule has 0 aliphatic rings. The first-order valence-electron chi connectivity index (χ1n) is 4.71. The molecule has 0 saturated heterocycles. The highest BCUT2D eigenvalue weighted by molar-refractivity contribution is 6.30. The Morgan fingerprint density at radius 2 is 1.81 bits per heavy atom. The van der Waals surface area contributed by atoms with Gasteiger partial charge in [-0.3, -0.25) is 9.59 Å². The minimum Gasteiger partial charge on any atom is -0.481 e. The van der Waals surface area contributed by atoms with Crippen LogP contribution in [-0.2, 0) is 4.79 Å². The molecule has 3 N–H and O–H groups in total. The Morgan fingerprint density at radius 1 is 1.31 bits per heavy atom. The summed E-state index contributed by atoms with van der Waals surface area (Å²) in [7, 11) is 0. The van der Waals surface area contributed by atoms with E-state index in [4.69, 9.17) is 22.4 Å². The summed E-state index contributed by atoms with van der Waals surface area (Å²) in [6.45, 7) is 1.49. The summed E-state index contributed by atoms with van der Waals surface area (Å²) in [6.07, 6.45) is 0. The van der Waals surface area contributed by atoms with Crippen LogP contribution in [0.5, 0.6) is 0 Å². The fraction of sp³-hybridized carbons (Fsp3) is 0.273. The number of ketones is 1. The molecule has 86 valence electrons. The molecule has 0 aromatic heterocycles. The summed E-state index contributed by atoms with van der Waals surface area (Å²) in [5.74, 6) is -2.93. The molecular formula is C11H12ClNO3. The Balaban J connectivity index is 2.99. The highest BCUT2D eigenvalue weighted by atomic mass is 35.5. The smallest absolute Gasteiger partial charge is 0.316 e. The molecular weight excluding hydrogens is 230 g/mol. The Hall–Kier alpha value is -1.39. The molecule has 5 heteroatoms. The van der Waals surface area contributed by atoms with Gasteiger partial charge >= 0.3 is 5.97 Å². The lowest BCUT2D eigenvalue weighted by Crippen LogP contribution is -2.38. The minimum atomic E-state index is -1.22. The van der Waals surface area contributed by atoms with Gasteiger partial charge in [0.1, 0.15) is 5.92 Å². The maximum atomic E-state index is 11.8. The molecule has 0 heterocycles. The third kappa shape index (κ3) is 2.81.